The fourth-order valence-electron chi connectivity index (χ4n) is 1.82. The van der Waals surface area contributed by atoms with Crippen LogP contribution in [-0.2, 0) is 15.1 Å². The molecule has 0 aliphatic rings. The number of benzene rings is 1. The highest BCUT2D eigenvalue weighted by molar-refractivity contribution is 5.82. The van der Waals surface area contributed by atoms with Crippen molar-refractivity contribution in [1.82, 2.24) is 5.32 Å². The number of carbonyl (C=O) groups excluding carboxylic acids is 1. The van der Waals surface area contributed by atoms with Gasteiger partial charge in [0.2, 0.25) is 0 Å². The highest BCUT2D eigenvalue weighted by Crippen LogP contribution is 2.24. The Balaban J connectivity index is 3.02. The van der Waals surface area contributed by atoms with E-state index in [1.54, 1.807) is 13.0 Å². The Labute approximate surface area is 114 Å². The van der Waals surface area contributed by atoms with E-state index in [1.807, 2.05) is 31.2 Å². The largest absolute Gasteiger partial charge is 0.494 e. The molecular formula is C15H21NO3. The van der Waals surface area contributed by atoms with E-state index < -0.39 is 5.54 Å². The van der Waals surface area contributed by atoms with Crippen LogP contribution < -0.4 is 10.1 Å². The van der Waals surface area contributed by atoms with Gasteiger partial charge in [-0.2, -0.15) is 0 Å². The first-order chi connectivity index (χ1) is 9.08. The van der Waals surface area contributed by atoms with Crippen molar-refractivity contribution in [2.24, 2.45) is 0 Å². The molecule has 0 heterocycles. The molecule has 1 atom stereocenters. The molecular weight excluding hydrogens is 242 g/mol. The van der Waals surface area contributed by atoms with Crippen molar-refractivity contribution in [2.45, 2.75) is 19.4 Å². The summed E-state index contributed by atoms with van der Waals surface area (Å²) in [5.74, 6) is 0.445. The quantitative estimate of drug-likeness (QED) is 0.605. The lowest BCUT2D eigenvalue weighted by molar-refractivity contribution is -0.148. The lowest BCUT2D eigenvalue weighted by atomic mass is 9.92. The molecule has 0 aromatic heterocycles. The monoisotopic (exact) mass is 263 g/mol. The van der Waals surface area contributed by atoms with Crippen molar-refractivity contribution >= 4 is 5.97 Å². The highest BCUT2D eigenvalue weighted by Gasteiger charge is 2.35. The maximum absolute atomic E-state index is 12.0. The van der Waals surface area contributed by atoms with Crippen molar-refractivity contribution in [1.29, 1.82) is 0 Å². The van der Waals surface area contributed by atoms with Crippen molar-refractivity contribution in [3.63, 3.8) is 0 Å². The summed E-state index contributed by atoms with van der Waals surface area (Å²) < 4.78 is 10.3. The number of hydrogen-bond donors (Lipinski definition) is 1. The summed E-state index contributed by atoms with van der Waals surface area (Å²) in [5.41, 5.74) is -0.0714. The first kappa shape index (κ1) is 15.2. The number of ether oxygens (including phenoxy) is 2. The minimum Gasteiger partial charge on any atom is -0.494 e. The molecule has 0 spiro atoms. The van der Waals surface area contributed by atoms with Gasteiger partial charge < -0.3 is 9.47 Å². The van der Waals surface area contributed by atoms with E-state index in [-0.39, 0.29) is 5.97 Å². The van der Waals surface area contributed by atoms with Gasteiger partial charge in [-0.3, -0.25) is 5.32 Å². The number of carbonyl (C=O) groups is 1. The third-order valence-electron chi connectivity index (χ3n) is 2.94. The predicted octanol–water partition coefficient (Wildman–Crippen LogP) is 2.25. The Hall–Kier alpha value is -1.81. The van der Waals surface area contributed by atoms with Crippen molar-refractivity contribution in [3.05, 3.63) is 42.5 Å². The van der Waals surface area contributed by atoms with Crippen LogP contribution in [0.5, 0.6) is 5.75 Å². The number of esters is 1. The molecule has 4 nitrogen and oxygen atoms in total. The van der Waals surface area contributed by atoms with Crippen molar-refractivity contribution in [3.8, 4) is 5.75 Å². The Morgan fingerprint density at radius 2 is 2.05 bits per heavy atom. The number of nitrogens with one attached hydrogen (secondary N) is 1. The molecule has 1 unspecified atom stereocenters. The average molecular weight is 263 g/mol. The van der Waals surface area contributed by atoms with E-state index in [1.165, 1.54) is 7.11 Å². The van der Waals surface area contributed by atoms with Crippen LogP contribution in [0, 0.1) is 0 Å². The molecule has 0 saturated heterocycles. The number of rotatable bonds is 7. The van der Waals surface area contributed by atoms with Crippen LogP contribution in [-0.4, -0.2) is 26.2 Å². The Bertz CT molecular complexity index is 428. The Morgan fingerprint density at radius 1 is 1.42 bits per heavy atom. The second-order valence-electron chi connectivity index (χ2n) is 4.24. The second kappa shape index (κ2) is 6.95. The van der Waals surface area contributed by atoms with Gasteiger partial charge in [-0.1, -0.05) is 18.2 Å². The van der Waals surface area contributed by atoms with Gasteiger partial charge >= 0.3 is 5.97 Å². The van der Waals surface area contributed by atoms with Gasteiger partial charge in [0, 0.05) is 6.54 Å². The van der Waals surface area contributed by atoms with E-state index in [4.69, 9.17) is 9.47 Å². The minimum atomic E-state index is -0.895. The first-order valence-electron chi connectivity index (χ1n) is 6.26. The van der Waals surface area contributed by atoms with Crippen LogP contribution in [0.1, 0.15) is 19.4 Å². The molecule has 104 valence electrons. The fourth-order valence-corrected chi connectivity index (χ4v) is 1.82. The molecule has 1 N–H and O–H groups in total. The summed E-state index contributed by atoms with van der Waals surface area (Å²) >= 11 is 0. The summed E-state index contributed by atoms with van der Waals surface area (Å²) in [5, 5.41) is 3.13. The third kappa shape index (κ3) is 3.58. The second-order valence-corrected chi connectivity index (χ2v) is 4.24. The van der Waals surface area contributed by atoms with Crippen LogP contribution in [0.2, 0.25) is 0 Å². The topological polar surface area (TPSA) is 47.6 Å². The van der Waals surface area contributed by atoms with Crippen LogP contribution in [0.3, 0.4) is 0 Å². The summed E-state index contributed by atoms with van der Waals surface area (Å²) in [7, 11) is 1.38. The molecule has 1 aromatic carbocycles. The minimum absolute atomic E-state index is 0.335. The van der Waals surface area contributed by atoms with Gasteiger partial charge in [0.05, 0.1) is 13.7 Å². The Morgan fingerprint density at radius 3 is 2.53 bits per heavy atom. The molecule has 19 heavy (non-hydrogen) atoms. The van der Waals surface area contributed by atoms with Gasteiger partial charge in [0.1, 0.15) is 11.3 Å². The Kier molecular flexibility index (Phi) is 5.57. The first-order valence-corrected chi connectivity index (χ1v) is 6.26. The standard InChI is InChI=1S/C15H21NO3/c1-5-11-16-15(3,14(17)18-4)12-7-9-13(10-8-12)19-6-2/h5,7-10,16H,1,6,11H2,2-4H3. The van der Waals surface area contributed by atoms with Gasteiger partial charge in [-0.05, 0) is 31.5 Å². The SMILES string of the molecule is C=CCNC(C)(C(=O)OC)c1ccc(OCC)cc1. The molecule has 0 aliphatic carbocycles. The molecule has 0 saturated carbocycles. The molecule has 0 aliphatic heterocycles. The zero-order valence-electron chi connectivity index (χ0n) is 11.7. The lowest BCUT2D eigenvalue weighted by Crippen LogP contribution is -2.47. The van der Waals surface area contributed by atoms with E-state index in [0.29, 0.717) is 13.2 Å². The average Bonchev–Trinajstić information content (AvgIpc) is 2.45. The zero-order valence-corrected chi connectivity index (χ0v) is 11.7. The van der Waals surface area contributed by atoms with Gasteiger partial charge in [-0.15, -0.1) is 6.58 Å². The van der Waals surface area contributed by atoms with E-state index in [2.05, 4.69) is 11.9 Å². The molecule has 0 fully saturated rings. The molecule has 4 heteroatoms. The molecule has 0 bridgehead atoms. The summed E-state index contributed by atoms with van der Waals surface area (Å²) in [4.78, 5) is 12.0. The number of hydrogen-bond acceptors (Lipinski definition) is 4. The molecule has 0 radical (unpaired) electrons. The van der Waals surface area contributed by atoms with Crippen molar-refractivity contribution < 1.29 is 14.3 Å². The van der Waals surface area contributed by atoms with Gasteiger partial charge in [0.15, 0.2) is 0 Å². The zero-order chi connectivity index (χ0) is 14.3. The van der Waals surface area contributed by atoms with Crippen LogP contribution in [0.4, 0.5) is 0 Å². The molecule has 1 aromatic rings. The third-order valence-corrected chi connectivity index (χ3v) is 2.94. The lowest BCUT2D eigenvalue weighted by Gasteiger charge is -2.28. The summed E-state index contributed by atoms with van der Waals surface area (Å²) in [6.07, 6.45) is 1.70. The van der Waals surface area contributed by atoms with E-state index >= 15 is 0 Å². The molecule has 0 amide bonds. The normalized spacial score (nSPS) is 13.4. The molecule has 1 rings (SSSR count). The van der Waals surface area contributed by atoms with Crippen molar-refractivity contribution in [2.75, 3.05) is 20.3 Å². The van der Waals surface area contributed by atoms with Crippen LogP contribution in [0.15, 0.2) is 36.9 Å². The summed E-state index contributed by atoms with van der Waals surface area (Å²) in [6, 6.07) is 7.40. The smallest absolute Gasteiger partial charge is 0.330 e. The van der Waals surface area contributed by atoms with Crippen LogP contribution in [0.25, 0.3) is 0 Å². The van der Waals surface area contributed by atoms with E-state index in [9.17, 15) is 4.79 Å². The predicted molar refractivity (Wildman–Crippen MR) is 75.2 cm³/mol. The maximum Gasteiger partial charge on any atom is 0.330 e. The van der Waals surface area contributed by atoms with E-state index in [0.717, 1.165) is 11.3 Å². The maximum atomic E-state index is 12.0. The van der Waals surface area contributed by atoms with Gasteiger partial charge in [-0.25, -0.2) is 4.79 Å². The highest BCUT2D eigenvalue weighted by atomic mass is 16.5. The fraction of sp³-hybridized carbons (Fsp3) is 0.400. The number of methoxy groups -OCH3 is 1. The summed E-state index contributed by atoms with van der Waals surface area (Å²) in [6.45, 7) is 8.49. The van der Waals surface area contributed by atoms with Crippen LogP contribution >= 0.6 is 0 Å². The van der Waals surface area contributed by atoms with Gasteiger partial charge in [0.25, 0.3) is 0 Å².